The molecule has 0 atom stereocenters. The minimum atomic E-state index is -0.126. The monoisotopic (exact) mass is 322 g/mol. The fourth-order valence-electron chi connectivity index (χ4n) is 2.64. The van der Waals surface area contributed by atoms with Crippen LogP contribution in [0.5, 0.6) is 0 Å². The normalized spacial score (nSPS) is 11.2. The Kier molecular flexibility index (Phi) is 4.60. The van der Waals surface area contributed by atoms with E-state index in [9.17, 15) is 4.79 Å². The fourth-order valence-corrected chi connectivity index (χ4v) is 2.64. The molecule has 5 heteroatoms. The first-order chi connectivity index (χ1) is 11.5. The average Bonchev–Trinajstić information content (AvgIpc) is 2.94. The number of imidazole rings is 1. The van der Waals surface area contributed by atoms with Crippen molar-refractivity contribution in [1.29, 1.82) is 0 Å². The maximum Gasteiger partial charge on any atom is 0.222 e. The highest BCUT2D eigenvalue weighted by Gasteiger charge is 2.07. The summed E-state index contributed by atoms with van der Waals surface area (Å²) in [5.41, 5.74) is 4.09. The van der Waals surface area contributed by atoms with Crippen molar-refractivity contribution >= 4 is 22.8 Å². The fraction of sp³-hybridized carbons (Fsp3) is 0.316. The van der Waals surface area contributed by atoms with Gasteiger partial charge in [0.05, 0.1) is 11.0 Å². The van der Waals surface area contributed by atoms with Crippen LogP contribution < -0.4 is 5.32 Å². The number of fused-ring (bicyclic) bond motifs is 1. The van der Waals surface area contributed by atoms with E-state index in [0.29, 0.717) is 11.7 Å². The number of aryl methyl sites for hydroxylation is 1. The molecule has 2 aromatic heterocycles. The van der Waals surface area contributed by atoms with Gasteiger partial charge >= 0.3 is 0 Å². The summed E-state index contributed by atoms with van der Waals surface area (Å²) in [6.45, 7) is 5.91. The molecule has 0 aliphatic carbocycles. The molecular formula is C19H22N4O. The lowest BCUT2D eigenvalue weighted by atomic mass is 10.1. The van der Waals surface area contributed by atoms with Crippen LogP contribution in [0.3, 0.4) is 0 Å². The topological polar surface area (TPSA) is 70.7 Å². The largest absolute Gasteiger partial charge is 0.342 e. The zero-order valence-corrected chi connectivity index (χ0v) is 14.3. The van der Waals surface area contributed by atoms with Crippen LogP contribution in [-0.4, -0.2) is 20.9 Å². The number of aromatic nitrogens is 3. The number of anilines is 1. The van der Waals surface area contributed by atoms with Gasteiger partial charge in [-0.15, -0.1) is 0 Å². The number of hydrogen-bond donors (Lipinski definition) is 2. The minimum Gasteiger partial charge on any atom is -0.342 e. The van der Waals surface area contributed by atoms with Crippen LogP contribution in [0.2, 0.25) is 0 Å². The van der Waals surface area contributed by atoms with Gasteiger partial charge in [0.25, 0.3) is 0 Å². The second-order valence-electron chi connectivity index (χ2n) is 6.46. The van der Waals surface area contributed by atoms with Gasteiger partial charge in [0, 0.05) is 19.5 Å². The van der Waals surface area contributed by atoms with Gasteiger partial charge in [-0.25, -0.2) is 9.97 Å². The van der Waals surface area contributed by atoms with E-state index in [1.54, 1.807) is 6.20 Å². The predicted molar refractivity (Wildman–Crippen MR) is 96.8 cm³/mol. The van der Waals surface area contributed by atoms with Crippen LogP contribution in [0.1, 0.15) is 33.0 Å². The zero-order valence-electron chi connectivity index (χ0n) is 14.3. The molecule has 1 aromatic carbocycles. The highest BCUT2D eigenvalue weighted by atomic mass is 16.1. The van der Waals surface area contributed by atoms with E-state index < -0.39 is 0 Å². The second-order valence-corrected chi connectivity index (χ2v) is 6.46. The number of H-pyrrole nitrogens is 1. The van der Waals surface area contributed by atoms with Gasteiger partial charge in [-0.3, -0.25) is 4.79 Å². The lowest BCUT2D eigenvalue weighted by molar-refractivity contribution is -0.114. The third kappa shape index (κ3) is 3.79. The molecule has 0 aliphatic rings. The summed E-state index contributed by atoms with van der Waals surface area (Å²) in [6, 6.07) is 9.97. The van der Waals surface area contributed by atoms with E-state index in [2.05, 4.69) is 40.2 Å². The van der Waals surface area contributed by atoms with Gasteiger partial charge in [-0.05, 0) is 47.7 Å². The number of carbonyl (C=O) groups is 1. The predicted octanol–water partition coefficient (Wildman–Crippen LogP) is 4.17. The Balaban J connectivity index is 1.88. The summed E-state index contributed by atoms with van der Waals surface area (Å²) in [5, 5.41) is 2.71. The molecule has 2 heterocycles. The number of carbonyl (C=O) groups excluding carboxylic acids is 1. The molecule has 0 saturated heterocycles. The number of benzene rings is 1. The van der Waals surface area contributed by atoms with Crippen LogP contribution in [0.15, 0.2) is 36.5 Å². The summed E-state index contributed by atoms with van der Waals surface area (Å²) in [5.74, 6) is 2.13. The van der Waals surface area contributed by atoms with Crippen LogP contribution in [-0.2, 0) is 11.2 Å². The smallest absolute Gasteiger partial charge is 0.222 e. The van der Waals surface area contributed by atoms with Crippen molar-refractivity contribution in [3.05, 3.63) is 42.4 Å². The molecule has 0 saturated carbocycles. The van der Waals surface area contributed by atoms with E-state index >= 15 is 0 Å². The Bertz CT molecular complexity index is 867. The van der Waals surface area contributed by atoms with Crippen molar-refractivity contribution in [2.75, 3.05) is 5.32 Å². The molecule has 24 heavy (non-hydrogen) atoms. The van der Waals surface area contributed by atoms with Crippen molar-refractivity contribution in [1.82, 2.24) is 15.0 Å². The third-order valence-corrected chi connectivity index (χ3v) is 3.89. The van der Waals surface area contributed by atoms with Crippen molar-refractivity contribution in [3.8, 4) is 11.1 Å². The van der Waals surface area contributed by atoms with Gasteiger partial charge in [0.1, 0.15) is 11.6 Å². The van der Waals surface area contributed by atoms with Crippen molar-refractivity contribution in [2.24, 2.45) is 5.92 Å². The average molecular weight is 322 g/mol. The van der Waals surface area contributed by atoms with E-state index in [-0.39, 0.29) is 5.91 Å². The summed E-state index contributed by atoms with van der Waals surface area (Å²) >= 11 is 0. The molecule has 0 fully saturated rings. The summed E-state index contributed by atoms with van der Waals surface area (Å²) in [7, 11) is 0. The first kappa shape index (κ1) is 16.2. The number of hydrogen-bond acceptors (Lipinski definition) is 3. The lowest BCUT2D eigenvalue weighted by Gasteiger charge is -2.05. The van der Waals surface area contributed by atoms with E-state index in [1.165, 1.54) is 6.92 Å². The summed E-state index contributed by atoms with van der Waals surface area (Å²) < 4.78 is 0. The quantitative estimate of drug-likeness (QED) is 0.740. The molecule has 0 aliphatic heterocycles. The molecule has 0 radical (unpaired) electrons. The Morgan fingerprint density at radius 2 is 2.00 bits per heavy atom. The Hall–Kier alpha value is -2.69. The van der Waals surface area contributed by atoms with Gasteiger partial charge in [-0.1, -0.05) is 19.9 Å². The highest BCUT2D eigenvalue weighted by Crippen LogP contribution is 2.25. The number of nitrogens with zero attached hydrogens (tertiary/aromatic N) is 2. The number of rotatable bonds is 5. The summed E-state index contributed by atoms with van der Waals surface area (Å²) in [6.07, 6.45) is 3.78. The van der Waals surface area contributed by atoms with Crippen LogP contribution >= 0.6 is 0 Å². The number of nitrogens with one attached hydrogen (secondary N) is 2. The van der Waals surface area contributed by atoms with E-state index in [0.717, 1.165) is 40.8 Å². The summed E-state index contributed by atoms with van der Waals surface area (Å²) in [4.78, 5) is 23.4. The Labute approximate surface area is 141 Å². The molecule has 0 unspecified atom stereocenters. The standard InChI is InChI=1S/C19H22N4O/c1-12(2)4-7-18-22-16-6-5-14(10-17(16)23-18)15-8-9-20-19(11-15)21-13(3)24/h5-6,8-12H,4,7H2,1-3H3,(H,22,23)(H,20,21,24). The van der Waals surface area contributed by atoms with Gasteiger partial charge in [0.15, 0.2) is 0 Å². The van der Waals surface area contributed by atoms with Gasteiger partial charge < -0.3 is 10.3 Å². The molecule has 3 aromatic rings. The number of amides is 1. The van der Waals surface area contributed by atoms with Gasteiger partial charge in [0.2, 0.25) is 5.91 Å². The molecule has 0 bridgehead atoms. The number of pyridine rings is 1. The van der Waals surface area contributed by atoms with E-state index in [1.807, 2.05) is 24.3 Å². The molecule has 2 N–H and O–H groups in total. The molecule has 0 spiro atoms. The molecule has 1 amide bonds. The first-order valence-corrected chi connectivity index (χ1v) is 8.24. The number of aromatic amines is 1. The Morgan fingerprint density at radius 1 is 1.21 bits per heavy atom. The van der Waals surface area contributed by atoms with Crippen LogP contribution in [0.4, 0.5) is 5.82 Å². The minimum absolute atomic E-state index is 0.126. The van der Waals surface area contributed by atoms with Crippen LogP contribution in [0.25, 0.3) is 22.2 Å². The second kappa shape index (κ2) is 6.83. The zero-order chi connectivity index (χ0) is 17.1. The third-order valence-electron chi connectivity index (χ3n) is 3.89. The van der Waals surface area contributed by atoms with Crippen molar-refractivity contribution in [3.63, 3.8) is 0 Å². The molecule has 124 valence electrons. The first-order valence-electron chi connectivity index (χ1n) is 8.24. The molecule has 5 nitrogen and oxygen atoms in total. The SMILES string of the molecule is CC(=O)Nc1cc(-c2ccc3nc(CCC(C)C)[nH]c3c2)ccn1. The maximum atomic E-state index is 11.2. The van der Waals surface area contributed by atoms with Crippen molar-refractivity contribution in [2.45, 2.75) is 33.6 Å². The van der Waals surface area contributed by atoms with Crippen molar-refractivity contribution < 1.29 is 4.79 Å². The highest BCUT2D eigenvalue weighted by molar-refractivity contribution is 5.89. The molecule has 3 rings (SSSR count). The Morgan fingerprint density at radius 3 is 2.75 bits per heavy atom. The molecular weight excluding hydrogens is 300 g/mol. The van der Waals surface area contributed by atoms with E-state index in [4.69, 9.17) is 0 Å². The van der Waals surface area contributed by atoms with Crippen LogP contribution in [0, 0.1) is 5.92 Å². The van der Waals surface area contributed by atoms with Gasteiger partial charge in [-0.2, -0.15) is 0 Å². The lowest BCUT2D eigenvalue weighted by Crippen LogP contribution is -2.07. The maximum absolute atomic E-state index is 11.2.